The monoisotopic (exact) mass is 713 g/mol. The molecule has 46 heavy (non-hydrogen) atoms. The summed E-state index contributed by atoms with van der Waals surface area (Å²) in [5.41, 5.74) is 4.65. The Morgan fingerprint density at radius 1 is 1.17 bits per heavy atom. The van der Waals surface area contributed by atoms with Crippen LogP contribution in [0, 0.1) is 0 Å². The first-order valence-electron chi connectivity index (χ1n) is 13.2. The summed E-state index contributed by atoms with van der Waals surface area (Å²) in [5, 5.41) is 18.0. The lowest BCUT2D eigenvalue weighted by molar-refractivity contribution is -0.136. The molecule has 0 saturated carbocycles. The van der Waals surface area contributed by atoms with Crippen molar-refractivity contribution in [3.63, 3.8) is 0 Å². The molecule has 0 aliphatic carbocycles. The van der Waals surface area contributed by atoms with Gasteiger partial charge in [-0.1, -0.05) is 11.3 Å². The fraction of sp³-hybridized carbons (Fsp3) is 0.500. The van der Waals surface area contributed by atoms with Crippen LogP contribution < -0.4 is 5.73 Å². The van der Waals surface area contributed by atoms with Crippen LogP contribution in [0.5, 0.6) is 0 Å². The van der Waals surface area contributed by atoms with Crippen molar-refractivity contribution in [2.24, 2.45) is 0 Å². The highest BCUT2D eigenvalue weighted by Crippen LogP contribution is 2.50. The Kier molecular flexibility index (Phi) is 9.06. The number of benzene rings is 1. The number of nitrogens with two attached hydrogens (primary N) is 1. The number of anilines is 1. The van der Waals surface area contributed by atoms with Gasteiger partial charge in [-0.25, -0.2) is 24.0 Å². The third kappa shape index (κ3) is 6.47. The van der Waals surface area contributed by atoms with E-state index in [1.165, 1.54) is 23.0 Å². The first-order chi connectivity index (χ1) is 21.7. The zero-order valence-electron chi connectivity index (χ0n) is 22.9. The summed E-state index contributed by atoms with van der Waals surface area (Å²) in [5.74, 6) is 0.0167. The molecular weight excluding hydrogens is 690 g/mol. The molecule has 5 N–H and O–H groups in total. The van der Waals surface area contributed by atoms with Crippen LogP contribution >= 0.6 is 15.0 Å². The lowest BCUT2D eigenvalue weighted by atomic mass is 10.1. The summed E-state index contributed by atoms with van der Waals surface area (Å²) < 4.78 is 96.5. The highest BCUT2D eigenvalue weighted by Gasteiger charge is 2.51. The van der Waals surface area contributed by atoms with Crippen molar-refractivity contribution in [1.29, 1.82) is 0 Å². The van der Waals surface area contributed by atoms with Crippen LogP contribution in [-0.4, -0.2) is 93.2 Å². The first kappa shape index (κ1) is 33.0. The van der Waals surface area contributed by atoms with Crippen molar-refractivity contribution in [1.82, 2.24) is 34.5 Å². The van der Waals surface area contributed by atoms with E-state index in [4.69, 9.17) is 45.5 Å². The summed E-state index contributed by atoms with van der Waals surface area (Å²) >= 11 is 5.07. The van der Waals surface area contributed by atoms with Crippen molar-refractivity contribution in [3.05, 3.63) is 36.4 Å². The van der Waals surface area contributed by atoms with Gasteiger partial charge in [0.2, 0.25) is 0 Å². The van der Waals surface area contributed by atoms with E-state index < -0.39 is 88.5 Å². The molecule has 0 radical (unpaired) electrons. The van der Waals surface area contributed by atoms with Crippen molar-refractivity contribution >= 4 is 54.8 Å². The summed E-state index contributed by atoms with van der Waals surface area (Å²) in [7, 11) is -3.12. The largest absolute Gasteiger partial charge is 0.694 e. The summed E-state index contributed by atoms with van der Waals surface area (Å²) in [6.45, 7) is -5.58. The number of ether oxygens (including phenoxy) is 2. The molecule has 2 fully saturated rings. The molecule has 2 unspecified atom stereocenters. The Morgan fingerprint density at radius 2 is 1.96 bits per heavy atom. The van der Waals surface area contributed by atoms with E-state index in [9.17, 15) is 27.7 Å². The van der Waals surface area contributed by atoms with Crippen LogP contribution in [0.3, 0.4) is 0 Å². The summed E-state index contributed by atoms with van der Waals surface area (Å²) in [6, 6.07) is 3.40. The Balaban J connectivity index is 1.15. The molecule has 5 heterocycles. The van der Waals surface area contributed by atoms with Gasteiger partial charge in [0.1, 0.15) is 42.3 Å². The Morgan fingerprint density at radius 3 is 2.70 bits per heavy atom. The number of fused-ring (bicyclic) bond motifs is 2. The maximum absolute atomic E-state index is 15.9. The molecular formula is C22H23F4N8O9P2S+. The maximum Gasteiger partial charge on any atom is 0.694 e. The highest BCUT2D eigenvalue weighted by atomic mass is 32.5. The van der Waals surface area contributed by atoms with Crippen molar-refractivity contribution in [3.8, 4) is 0 Å². The molecule has 3 aromatic heterocycles. The third-order valence-corrected chi connectivity index (χ3v) is 9.15. The standard InChI is InChI=1S/C22H22F4N8O9P2S/c23-15-18(13(5-39-44(36)37)42-21(15)33-8-30-17-19(27)28-7-29-20(17)33)43-45(38,46)40-6-12-11(35)4-14(41-12)34-10-3-1-2-9(22(24,25)26)16(10)31-32-34/h1-3,7-8,11-15,18,21,35H,4-6H2,(H3-,27,28,29,36,37,38,46)/p+1/t11-,12+,13+,14+,15+,18+,21+,45?/m0/s1. The normalized spacial score (nSPS) is 28.7. The molecule has 2 aliphatic heterocycles. The van der Waals surface area contributed by atoms with E-state index in [0.717, 1.165) is 17.1 Å². The second-order valence-corrected chi connectivity index (χ2v) is 13.6. The fourth-order valence-corrected chi connectivity index (χ4v) is 6.85. The maximum atomic E-state index is 15.9. The van der Waals surface area contributed by atoms with E-state index in [2.05, 4.69) is 25.3 Å². The summed E-state index contributed by atoms with van der Waals surface area (Å²) in [6.07, 6.45) is -12.6. The number of aromatic nitrogens is 7. The van der Waals surface area contributed by atoms with Gasteiger partial charge in [0.05, 0.1) is 30.1 Å². The molecule has 2 saturated heterocycles. The van der Waals surface area contributed by atoms with Gasteiger partial charge in [0.25, 0.3) is 0 Å². The molecule has 0 spiro atoms. The van der Waals surface area contributed by atoms with Gasteiger partial charge in [-0.15, -0.1) is 14.5 Å². The third-order valence-electron chi connectivity index (χ3n) is 7.22. The minimum atomic E-state index is -4.68. The predicted octanol–water partition coefficient (Wildman–Crippen LogP) is 2.04. The lowest BCUT2D eigenvalue weighted by Crippen LogP contribution is -2.34. The minimum Gasteiger partial charge on any atom is -0.390 e. The van der Waals surface area contributed by atoms with E-state index in [0.29, 0.717) is 0 Å². The number of alkyl halides is 4. The quantitative estimate of drug-likeness (QED) is 0.136. The fourth-order valence-electron chi connectivity index (χ4n) is 5.14. The van der Waals surface area contributed by atoms with Gasteiger partial charge >= 0.3 is 21.1 Å². The lowest BCUT2D eigenvalue weighted by Gasteiger charge is -2.25. The number of aliphatic hydroxyl groups is 1. The minimum absolute atomic E-state index is 0.00619. The Bertz CT molecular complexity index is 1820. The first-order valence-corrected chi connectivity index (χ1v) is 16.9. The van der Waals surface area contributed by atoms with Crippen LogP contribution in [0.4, 0.5) is 23.4 Å². The average Bonchev–Trinajstić information content (AvgIpc) is 3.76. The Labute approximate surface area is 260 Å². The molecule has 2 aliphatic rings. The number of hydrogen-bond donors (Lipinski definition) is 4. The molecule has 9 atom stereocenters. The molecule has 0 amide bonds. The summed E-state index contributed by atoms with van der Waals surface area (Å²) in [4.78, 5) is 31.9. The van der Waals surface area contributed by atoms with Crippen LogP contribution in [-0.2, 0) is 45.6 Å². The van der Waals surface area contributed by atoms with Crippen molar-refractivity contribution in [2.45, 2.75) is 55.6 Å². The number of hydrogen-bond acceptors (Lipinski definition) is 14. The Hall–Kier alpha value is -2.88. The number of imidazole rings is 1. The van der Waals surface area contributed by atoms with Crippen molar-refractivity contribution in [2.75, 3.05) is 18.9 Å². The number of halogens is 4. The number of aliphatic hydroxyl groups excluding tert-OH is 1. The average molecular weight is 713 g/mol. The number of nitrogen functional groups attached to an aromatic ring is 1. The van der Waals surface area contributed by atoms with Gasteiger partial charge in [-0.2, -0.15) is 13.2 Å². The van der Waals surface area contributed by atoms with E-state index in [1.807, 2.05) is 0 Å². The van der Waals surface area contributed by atoms with Gasteiger partial charge in [0.15, 0.2) is 30.1 Å². The van der Waals surface area contributed by atoms with Crippen molar-refractivity contribution < 1.29 is 60.1 Å². The van der Waals surface area contributed by atoms with Crippen LogP contribution in [0.25, 0.3) is 22.2 Å². The molecule has 24 heteroatoms. The van der Waals surface area contributed by atoms with Gasteiger partial charge in [-0.3, -0.25) is 9.09 Å². The van der Waals surface area contributed by atoms with E-state index in [1.54, 1.807) is 0 Å². The van der Waals surface area contributed by atoms with E-state index >= 15 is 4.39 Å². The zero-order chi connectivity index (χ0) is 33.0. The molecule has 4 aromatic rings. The van der Waals surface area contributed by atoms with Gasteiger partial charge < -0.3 is 29.7 Å². The molecule has 248 valence electrons. The SMILES string of the molecule is Nc1ncnc2c1ncn2[C@@H]1O[C@H](CO[P+](=O)O)[C@@H](OP(O)(=S)OC[C@H]2O[C@@H](n3nnc4c(C(F)(F)F)cccc43)C[C@@H]2O)[C@H]1F. The van der Waals surface area contributed by atoms with Crippen LogP contribution in [0.2, 0.25) is 0 Å². The molecule has 0 bridgehead atoms. The van der Waals surface area contributed by atoms with E-state index in [-0.39, 0.29) is 28.9 Å². The number of rotatable bonds is 10. The molecule has 17 nitrogen and oxygen atoms in total. The number of nitrogens with zero attached hydrogens (tertiary/aromatic N) is 7. The van der Waals surface area contributed by atoms with Crippen LogP contribution in [0.1, 0.15) is 24.4 Å². The van der Waals surface area contributed by atoms with Gasteiger partial charge in [-0.05, 0) is 23.9 Å². The molecule has 1 aromatic carbocycles. The smallest absolute Gasteiger partial charge is 0.390 e. The van der Waals surface area contributed by atoms with Crippen LogP contribution in [0.15, 0.2) is 30.9 Å². The second-order valence-electron chi connectivity index (χ2n) is 10.1. The highest BCUT2D eigenvalue weighted by molar-refractivity contribution is 8.07. The topological polar surface area (TPSA) is 224 Å². The van der Waals surface area contributed by atoms with Gasteiger partial charge in [0, 0.05) is 11.0 Å². The predicted molar refractivity (Wildman–Crippen MR) is 149 cm³/mol. The molecule has 6 rings (SSSR count). The second kappa shape index (κ2) is 12.6. The zero-order valence-corrected chi connectivity index (χ0v) is 25.5.